The summed E-state index contributed by atoms with van der Waals surface area (Å²) < 4.78 is 0. The normalized spacial score (nSPS) is 16.3. The molecule has 1 fully saturated rings. The van der Waals surface area contributed by atoms with Crippen LogP contribution in [-0.2, 0) is 11.2 Å². The first-order valence-electron chi connectivity index (χ1n) is 8.30. The largest absolute Gasteiger partial charge is 0.361 e. The minimum absolute atomic E-state index is 0.301. The molecule has 1 saturated heterocycles. The van der Waals surface area contributed by atoms with Crippen molar-refractivity contribution in [2.24, 2.45) is 11.7 Å². The highest BCUT2D eigenvalue weighted by atomic mass is 16.2. The average Bonchev–Trinajstić information content (AvgIpc) is 2.98. The minimum Gasteiger partial charge on any atom is -0.361 e. The van der Waals surface area contributed by atoms with Gasteiger partial charge in [-0.05, 0) is 49.8 Å². The van der Waals surface area contributed by atoms with E-state index in [1.54, 1.807) is 0 Å². The van der Waals surface area contributed by atoms with Gasteiger partial charge in [0.05, 0.1) is 0 Å². The fraction of sp³-hybridized carbons (Fsp3) is 0.500. The Hall–Kier alpha value is -1.81. The molecule has 0 bridgehead atoms. The highest BCUT2D eigenvalue weighted by Crippen LogP contribution is 2.20. The molecule has 118 valence electrons. The Morgan fingerprint density at radius 2 is 2.05 bits per heavy atom. The van der Waals surface area contributed by atoms with E-state index in [2.05, 4.69) is 29.4 Å². The highest BCUT2D eigenvalue weighted by molar-refractivity contribution is 5.83. The van der Waals surface area contributed by atoms with E-state index in [0.29, 0.717) is 18.2 Å². The summed E-state index contributed by atoms with van der Waals surface area (Å²) in [5.41, 5.74) is 8.18. The molecule has 3 N–H and O–H groups in total. The van der Waals surface area contributed by atoms with Gasteiger partial charge in [-0.3, -0.25) is 4.79 Å². The first-order chi connectivity index (χ1) is 10.8. The van der Waals surface area contributed by atoms with Gasteiger partial charge in [-0.15, -0.1) is 0 Å². The van der Waals surface area contributed by atoms with Gasteiger partial charge in [0.15, 0.2) is 0 Å². The van der Waals surface area contributed by atoms with Crippen LogP contribution in [0.2, 0.25) is 0 Å². The summed E-state index contributed by atoms with van der Waals surface area (Å²) in [6.45, 7) is 2.52. The number of fused-ring (bicyclic) bond motifs is 1. The van der Waals surface area contributed by atoms with Crippen molar-refractivity contribution in [2.45, 2.75) is 32.1 Å². The predicted molar refractivity (Wildman–Crippen MR) is 89.6 cm³/mol. The Balaban J connectivity index is 1.48. The molecule has 1 aromatic heterocycles. The number of hydrogen-bond donors (Lipinski definition) is 2. The SMILES string of the molecule is NCC1CCN(C(=O)CCCc2c[nH]c3ccccc23)CC1. The number of aromatic nitrogens is 1. The van der Waals surface area contributed by atoms with Gasteiger partial charge < -0.3 is 15.6 Å². The van der Waals surface area contributed by atoms with Crippen LogP contribution in [0.1, 0.15) is 31.2 Å². The van der Waals surface area contributed by atoms with Gasteiger partial charge >= 0.3 is 0 Å². The molecule has 4 nitrogen and oxygen atoms in total. The number of benzene rings is 1. The smallest absolute Gasteiger partial charge is 0.222 e. The summed E-state index contributed by atoms with van der Waals surface area (Å²) in [6.07, 6.45) is 6.70. The zero-order valence-electron chi connectivity index (χ0n) is 13.1. The number of likely N-dealkylation sites (tertiary alicyclic amines) is 1. The molecule has 1 amide bonds. The number of piperidine rings is 1. The van der Waals surface area contributed by atoms with E-state index < -0.39 is 0 Å². The minimum atomic E-state index is 0.301. The summed E-state index contributed by atoms with van der Waals surface area (Å²) in [6, 6.07) is 8.33. The Morgan fingerprint density at radius 1 is 1.27 bits per heavy atom. The Labute approximate surface area is 131 Å². The van der Waals surface area contributed by atoms with E-state index in [1.807, 2.05) is 11.0 Å². The molecule has 2 aromatic rings. The second kappa shape index (κ2) is 6.97. The fourth-order valence-electron chi connectivity index (χ4n) is 3.34. The summed E-state index contributed by atoms with van der Waals surface area (Å²) in [5, 5.41) is 1.28. The Kier molecular flexibility index (Phi) is 4.78. The molecule has 0 spiro atoms. The van der Waals surface area contributed by atoms with Crippen LogP contribution in [0.25, 0.3) is 10.9 Å². The third-order valence-electron chi connectivity index (χ3n) is 4.81. The van der Waals surface area contributed by atoms with Gasteiger partial charge in [0, 0.05) is 36.6 Å². The van der Waals surface area contributed by atoms with E-state index in [9.17, 15) is 4.79 Å². The number of rotatable bonds is 5. The number of carbonyl (C=O) groups excluding carboxylic acids is 1. The van der Waals surface area contributed by atoms with Crippen LogP contribution in [0, 0.1) is 5.92 Å². The van der Waals surface area contributed by atoms with E-state index in [-0.39, 0.29) is 0 Å². The number of nitrogens with zero attached hydrogens (tertiary/aromatic N) is 1. The summed E-state index contributed by atoms with van der Waals surface area (Å²) in [4.78, 5) is 17.6. The van der Waals surface area contributed by atoms with Gasteiger partial charge in [0.2, 0.25) is 5.91 Å². The second-order valence-electron chi connectivity index (χ2n) is 6.27. The number of hydrogen-bond acceptors (Lipinski definition) is 2. The van der Waals surface area contributed by atoms with Crippen molar-refractivity contribution >= 4 is 16.8 Å². The molecule has 1 aliphatic heterocycles. The lowest BCUT2D eigenvalue weighted by Crippen LogP contribution is -2.39. The Morgan fingerprint density at radius 3 is 2.82 bits per heavy atom. The molecule has 0 radical (unpaired) electrons. The van der Waals surface area contributed by atoms with Crippen LogP contribution < -0.4 is 5.73 Å². The molecule has 1 aromatic carbocycles. The molecule has 0 unspecified atom stereocenters. The maximum Gasteiger partial charge on any atom is 0.222 e. The zero-order chi connectivity index (χ0) is 15.4. The third-order valence-corrected chi connectivity index (χ3v) is 4.81. The van der Waals surface area contributed by atoms with Gasteiger partial charge in [0.25, 0.3) is 0 Å². The number of amides is 1. The van der Waals surface area contributed by atoms with Crippen molar-refractivity contribution in [1.29, 1.82) is 0 Å². The number of aryl methyl sites for hydroxylation is 1. The predicted octanol–water partition coefficient (Wildman–Crippen LogP) is 2.69. The quantitative estimate of drug-likeness (QED) is 0.891. The monoisotopic (exact) mass is 299 g/mol. The number of nitrogens with two attached hydrogens (primary N) is 1. The van der Waals surface area contributed by atoms with Crippen molar-refractivity contribution < 1.29 is 4.79 Å². The van der Waals surface area contributed by atoms with Gasteiger partial charge in [0.1, 0.15) is 0 Å². The molecule has 2 heterocycles. The average molecular weight is 299 g/mol. The van der Waals surface area contributed by atoms with Crippen molar-refractivity contribution in [3.05, 3.63) is 36.0 Å². The number of para-hydroxylation sites is 1. The molecule has 0 aliphatic carbocycles. The molecular weight excluding hydrogens is 274 g/mol. The molecule has 0 saturated carbocycles. The number of H-pyrrole nitrogens is 1. The van der Waals surface area contributed by atoms with Crippen molar-refractivity contribution in [1.82, 2.24) is 9.88 Å². The standard InChI is InChI=1S/C18H25N3O/c19-12-14-8-10-21(11-9-14)18(22)7-3-4-15-13-20-17-6-2-1-5-16(15)17/h1-2,5-6,13-14,20H,3-4,7-12,19H2. The number of carbonyl (C=O) groups is 1. The number of nitrogens with one attached hydrogen (secondary N) is 1. The molecule has 3 rings (SSSR count). The summed E-state index contributed by atoms with van der Waals surface area (Å²) in [5.74, 6) is 0.908. The van der Waals surface area contributed by atoms with Crippen molar-refractivity contribution in [2.75, 3.05) is 19.6 Å². The van der Waals surface area contributed by atoms with E-state index in [4.69, 9.17) is 5.73 Å². The van der Waals surface area contributed by atoms with Crippen molar-refractivity contribution in [3.63, 3.8) is 0 Å². The van der Waals surface area contributed by atoms with Crippen LogP contribution >= 0.6 is 0 Å². The summed E-state index contributed by atoms with van der Waals surface area (Å²) in [7, 11) is 0. The van der Waals surface area contributed by atoms with E-state index in [0.717, 1.165) is 45.3 Å². The first kappa shape index (κ1) is 15.1. The maximum absolute atomic E-state index is 12.3. The lowest BCUT2D eigenvalue weighted by molar-refractivity contribution is -0.132. The zero-order valence-corrected chi connectivity index (χ0v) is 13.1. The second-order valence-corrected chi connectivity index (χ2v) is 6.27. The van der Waals surface area contributed by atoms with Gasteiger partial charge in [-0.1, -0.05) is 18.2 Å². The van der Waals surface area contributed by atoms with Crippen LogP contribution in [0.5, 0.6) is 0 Å². The van der Waals surface area contributed by atoms with Crippen LogP contribution in [0.4, 0.5) is 0 Å². The third kappa shape index (κ3) is 3.33. The van der Waals surface area contributed by atoms with Gasteiger partial charge in [-0.2, -0.15) is 0 Å². The van der Waals surface area contributed by atoms with Crippen LogP contribution in [0.15, 0.2) is 30.5 Å². The molecular formula is C18H25N3O. The highest BCUT2D eigenvalue weighted by Gasteiger charge is 2.21. The molecule has 1 aliphatic rings. The topological polar surface area (TPSA) is 62.1 Å². The number of aromatic amines is 1. The fourth-order valence-corrected chi connectivity index (χ4v) is 3.34. The Bertz CT molecular complexity index is 626. The van der Waals surface area contributed by atoms with Crippen LogP contribution in [0.3, 0.4) is 0 Å². The molecule has 22 heavy (non-hydrogen) atoms. The van der Waals surface area contributed by atoms with Gasteiger partial charge in [-0.25, -0.2) is 0 Å². The first-order valence-corrected chi connectivity index (χ1v) is 8.30. The van der Waals surface area contributed by atoms with Crippen molar-refractivity contribution in [3.8, 4) is 0 Å². The lowest BCUT2D eigenvalue weighted by Gasteiger charge is -2.31. The summed E-state index contributed by atoms with van der Waals surface area (Å²) >= 11 is 0. The van der Waals surface area contributed by atoms with Crippen LogP contribution in [-0.4, -0.2) is 35.4 Å². The van der Waals surface area contributed by atoms with E-state index >= 15 is 0 Å². The molecule has 0 atom stereocenters. The van der Waals surface area contributed by atoms with E-state index in [1.165, 1.54) is 16.5 Å². The lowest BCUT2D eigenvalue weighted by atomic mass is 9.96. The molecule has 4 heteroatoms. The maximum atomic E-state index is 12.3.